The highest BCUT2D eigenvalue weighted by atomic mass is 16.2. The van der Waals surface area contributed by atoms with Crippen molar-refractivity contribution in [2.45, 2.75) is 32.6 Å². The van der Waals surface area contributed by atoms with Crippen LogP contribution in [0.1, 0.15) is 32.6 Å². The molecule has 64 valence electrons. The van der Waals surface area contributed by atoms with Crippen LogP contribution in [0, 0.1) is 17.8 Å². The number of Topliss-reactive ketones (excluding diaryl/α,β-unsaturated/α-hetero) is 2. The second-order valence-electron chi connectivity index (χ2n) is 3.38. The van der Waals surface area contributed by atoms with Gasteiger partial charge in [-0.15, -0.1) is 12.3 Å². The molecule has 0 unspecified atom stereocenters. The number of carbonyl (C=O) groups is 2. The lowest BCUT2D eigenvalue weighted by atomic mass is 9.82. The number of ketones is 2. The zero-order chi connectivity index (χ0) is 9.19. The molecule has 0 aromatic rings. The highest BCUT2D eigenvalue weighted by molar-refractivity contribution is 6.12. The van der Waals surface area contributed by atoms with Crippen LogP contribution in [0.5, 0.6) is 0 Å². The summed E-state index contributed by atoms with van der Waals surface area (Å²) in [6, 6.07) is 0. The van der Waals surface area contributed by atoms with E-state index >= 15 is 0 Å². The molecule has 1 fully saturated rings. The predicted molar refractivity (Wildman–Crippen MR) is 45.4 cm³/mol. The van der Waals surface area contributed by atoms with Gasteiger partial charge in [0, 0.05) is 19.3 Å². The number of carbonyl (C=O) groups excluding carboxylic acids is 2. The molecule has 0 aromatic heterocycles. The molecule has 0 radical (unpaired) electrons. The minimum absolute atomic E-state index is 0.0581. The second kappa shape index (κ2) is 3.10. The van der Waals surface area contributed by atoms with Crippen LogP contribution < -0.4 is 0 Å². The SMILES string of the molecule is C#CCCC1(C)C(=O)CCC1=O. The van der Waals surface area contributed by atoms with Gasteiger partial charge in [-0.2, -0.15) is 0 Å². The van der Waals surface area contributed by atoms with Crippen LogP contribution in [0.15, 0.2) is 0 Å². The number of hydrogen-bond donors (Lipinski definition) is 0. The van der Waals surface area contributed by atoms with E-state index in [0.717, 1.165) is 0 Å². The molecule has 1 rings (SSSR count). The van der Waals surface area contributed by atoms with Crippen LogP contribution in [0.3, 0.4) is 0 Å². The number of terminal acetylenes is 1. The van der Waals surface area contributed by atoms with E-state index in [-0.39, 0.29) is 11.6 Å². The van der Waals surface area contributed by atoms with Crippen molar-refractivity contribution in [3.63, 3.8) is 0 Å². The van der Waals surface area contributed by atoms with Crippen molar-refractivity contribution < 1.29 is 9.59 Å². The summed E-state index contributed by atoms with van der Waals surface area (Å²) in [7, 11) is 0. The summed E-state index contributed by atoms with van der Waals surface area (Å²) in [5.74, 6) is 2.57. The minimum Gasteiger partial charge on any atom is -0.299 e. The molecule has 1 aliphatic carbocycles. The maximum Gasteiger partial charge on any atom is 0.146 e. The highest BCUT2D eigenvalue weighted by Gasteiger charge is 2.44. The summed E-state index contributed by atoms with van der Waals surface area (Å²) in [6.45, 7) is 1.71. The van der Waals surface area contributed by atoms with Crippen molar-refractivity contribution in [1.82, 2.24) is 0 Å². The zero-order valence-corrected chi connectivity index (χ0v) is 7.22. The van der Waals surface area contributed by atoms with Gasteiger partial charge in [0.05, 0.1) is 5.41 Å². The molecule has 12 heavy (non-hydrogen) atoms. The van der Waals surface area contributed by atoms with Gasteiger partial charge in [-0.1, -0.05) is 0 Å². The van der Waals surface area contributed by atoms with Crippen molar-refractivity contribution in [3.05, 3.63) is 0 Å². The molecule has 2 nitrogen and oxygen atoms in total. The van der Waals surface area contributed by atoms with E-state index in [2.05, 4.69) is 5.92 Å². The molecule has 0 saturated heterocycles. The Morgan fingerprint density at radius 1 is 1.42 bits per heavy atom. The Bertz CT molecular complexity index is 242. The topological polar surface area (TPSA) is 34.1 Å². The van der Waals surface area contributed by atoms with Gasteiger partial charge in [0.15, 0.2) is 0 Å². The van der Waals surface area contributed by atoms with E-state index < -0.39 is 5.41 Å². The first-order valence-corrected chi connectivity index (χ1v) is 4.11. The van der Waals surface area contributed by atoms with Gasteiger partial charge in [-0.3, -0.25) is 9.59 Å². The molecule has 0 aromatic carbocycles. The molecular formula is C10H12O2. The van der Waals surface area contributed by atoms with E-state index in [4.69, 9.17) is 6.42 Å². The number of hydrogen-bond acceptors (Lipinski definition) is 2. The third kappa shape index (κ3) is 1.27. The Labute approximate surface area is 72.3 Å². The first-order chi connectivity index (χ1) is 5.61. The largest absolute Gasteiger partial charge is 0.299 e. The molecule has 0 heterocycles. The predicted octanol–water partition coefficient (Wildman–Crippen LogP) is 1.34. The third-order valence-corrected chi connectivity index (χ3v) is 2.58. The number of rotatable bonds is 2. The summed E-state index contributed by atoms with van der Waals surface area (Å²) in [4.78, 5) is 22.6. The van der Waals surface area contributed by atoms with Gasteiger partial charge in [-0.05, 0) is 13.3 Å². The molecule has 1 aliphatic rings. The molecule has 0 N–H and O–H groups in total. The fourth-order valence-electron chi connectivity index (χ4n) is 1.54. The lowest BCUT2D eigenvalue weighted by Crippen LogP contribution is -2.28. The maximum atomic E-state index is 11.3. The van der Waals surface area contributed by atoms with Crippen LogP contribution in [-0.2, 0) is 9.59 Å². The average Bonchev–Trinajstić information content (AvgIpc) is 2.30. The van der Waals surface area contributed by atoms with Gasteiger partial charge >= 0.3 is 0 Å². The average molecular weight is 164 g/mol. The molecular weight excluding hydrogens is 152 g/mol. The van der Waals surface area contributed by atoms with Crippen molar-refractivity contribution in [2.75, 3.05) is 0 Å². The summed E-state index contributed by atoms with van der Waals surface area (Å²) < 4.78 is 0. The zero-order valence-electron chi connectivity index (χ0n) is 7.22. The van der Waals surface area contributed by atoms with E-state index in [0.29, 0.717) is 25.7 Å². The van der Waals surface area contributed by atoms with Crippen molar-refractivity contribution in [1.29, 1.82) is 0 Å². The molecule has 0 amide bonds. The van der Waals surface area contributed by atoms with Gasteiger partial charge in [0.2, 0.25) is 0 Å². The first kappa shape index (κ1) is 8.99. The van der Waals surface area contributed by atoms with E-state index in [1.165, 1.54) is 0 Å². The van der Waals surface area contributed by atoms with E-state index in [1.54, 1.807) is 6.92 Å². The van der Waals surface area contributed by atoms with E-state index in [1.807, 2.05) is 0 Å². The highest BCUT2D eigenvalue weighted by Crippen LogP contribution is 2.34. The van der Waals surface area contributed by atoms with Crippen LogP contribution in [0.2, 0.25) is 0 Å². The summed E-state index contributed by atoms with van der Waals surface area (Å²) in [5, 5.41) is 0. The molecule has 2 heteroatoms. The Kier molecular flexibility index (Phi) is 2.32. The van der Waals surface area contributed by atoms with Crippen LogP contribution in [-0.4, -0.2) is 11.6 Å². The van der Waals surface area contributed by atoms with E-state index in [9.17, 15) is 9.59 Å². The Morgan fingerprint density at radius 3 is 2.33 bits per heavy atom. The van der Waals surface area contributed by atoms with Gasteiger partial charge < -0.3 is 0 Å². The van der Waals surface area contributed by atoms with Crippen molar-refractivity contribution >= 4 is 11.6 Å². The van der Waals surface area contributed by atoms with Crippen molar-refractivity contribution in [3.8, 4) is 12.3 Å². The monoisotopic (exact) mass is 164 g/mol. The summed E-state index contributed by atoms with van der Waals surface area (Å²) in [6.07, 6.45) is 6.91. The normalized spacial score (nSPS) is 21.0. The second-order valence-corrected chi connectivity index (χ2v) is 3.38. The molecule has 0 bridgehead atoms. The third-order valence-electron chi connectivity index (χ3n) is 2.58. The first-order valence-electron chi connectivity index (χ1n) is 4.11. The lowest BCUT2D eigenvalue weighted by Gasteiger charge is -2.17. The Balaban J connectivity index is 2.74. The fourth-order valence-corrected chi connectivity index (χ4v) is 1.54. The van der Waals surface area contributed by atoms with Gasteiger partial charge in [0.25, 0.3) is 0 Å². The quantitative estimate of drug-likeness (QED) is 0.456. The van der Waals surface area contributed by atoms with Gasteiger partial charge in [-0.25, -0.2) is 0 Å². The Morgan fingerprint density at radius 2 is 1.92 bits per heavy atom. The standard InChI is InChI=1S/C10H12O2/c1-3-4-7-10(2)8(11)5-6-9(10)12/h1H,4-7H2,2H3. The lowest BCUT2D eigenvalue weighted by molar-refractivity contribution is -0.134. The minimum atomic E-state index is -0.758. The Hall–Kier alpha value is -1.10. The van der Waals surface area contributed by atoms with Crippen molar-refractivity contribution in [2.24, 2.45) is 5.41 Å². The fraction of sp³-hybridized carbons (Fsp3) is 0.600. The molecule has 1 saturated carbocycles. The molecule has 0 atom stereocenters. The summed E-state index contributed by atoms with van der Waals surface area (Å²) >= 11 is 0. The smallest absolute Gasteiger partial charge is 0.146 e. The molecule has 0 spiro atoms. The van der Waals surface area contributed by atoms with Crippen LogP contribution in [0.25, 0.3) is 0 Å². The molecule has 0 aliphatic heterocycles. The van der Waals surface area contributed by atoms with Crippen LogP contribution >= 0.6 is 0 Å². The van der Waals surface area contributed by atoms with Crippen LogP contribution in [0.4, 0.5) is 0 Å². The van der Waals surface area contributed by atoms with Gasteiger partial charge in [0.1, 0.15) is 11.6 Å². The summed E-state index contributed by atoms with van der Waals surface area (Å²) in [5.41, 5.74) is -0.758. The maximum absolute atomic E-state index is 11.3.